The van der Waals surface area contributed by atoms with Gasteiger partial charge in [-0.25, -0.2) is 14.3 Å². The lowest BCUT2D eigenvalue weighted by Gasteiger charge is -2.26. The van der Waals surface area contributed by atoms with Crippen molar-refractivity contribution in [3.63, 3.8) is 0 Å². The molecule has 0 radical (unpaired) electrons. The van der Waals surface area contributed by atoms with Gasteiger partial charge in [0.25, 0.3) is 15.9 Å². The van der Waals surface area contributed by atoms with Crippen molar-refractivity contribution in [2.45, 2.75) is 18.4 Å². The number of para-hydroxylation sites is 1. The van der Waals surface area contributed by atoms with Crippen molar-refractivity contribution < 1.29 is 13.2 Å². The van der Waals surface area contributed by atoms with Crippen LogP contribution in [0, 0.1) is 6.92 Å². The van der Waals surface area contributed by atoms with Crippen LogP contribution >= 0.6 is 11.6 Å². The summed E-state index contributed by atoms with van der Waals surface area (Å²) in [5.41, 5.74) is 4.11. The van der Waals surface area contributed by atoms with Crippen LogP contribution in [0.1, 0.15) is 21.5 Å². The second-order valence-corrected chi connectivity index (χ2v) is 8.74. The predicted molar refractivity (Wildman–Crippen MR) is 114 cm³/mol. The van der Waals surface area contributed by atoms with Gasteiger partial charge in [0.15, 0.2) is 0 Å². The molecule has 0 aromatic heterocycles. The quantitative estimate of drug-likeness (QED) is 0.355. The molecule has 0 heterocycles. The fourth-order valence-electron chi connectivity index (χ4n) is 2.85. The molecule has 0 unspecified atom stereocenters. The summed E-state index contributed by atoms with van der Waals surface area (Å²) in [4.78, 5) is 12.4. The summed E-state index contributed by atoms with van der Waals surface area (Å²) in [5.74, 6) is 4.71. The molecule has 3 N–H and O–H groups in total. The molecule has 29 heavy (non-hydrogen) atoms. The highest BCUT2D eigenvalue weighted by atomic mass is 35.5. The van der Waals surface area contributed by atoms with Crippen molar-refractivity contribution in [2.75, 3.05) is 4.31 Å². The second-order valence-electron chi connectivity index (χ2n) is 6.44. The summed E-state index contributed by atoms with van der Waals surface area (Å²) in [6.07, 6.45) is 0. The van der Waals surface area contributed by atoms with Gasteiger partial charge in [0.2, 0.25) is 0 Å². The van der Waals surface area contributed by atoms with E-state index in [1.807, 2.05) is 6.92 Å². The maximum atomic E-state index is 13.5. The summed E-state index contributed by atoms with van der Waals surface area (Å²) in [5, 5.41) is 0.546. The smallest absolute Gasteiger partial charge is 0.267 e. The Morgan fingerprint density at radius 3 is 2.24 bits per heavy atom. The van der Waals surface area contributed by atoms with Crippen LogP contribution in [0.15, 0.2) is 77.7 Å². The Balaban J connectivity index is 2.16. The number of aryl methyl sites for hydroxylation is 1. The molecular weight excluding hydrogens is 410 g/mol. The minimum absolute atomic E-state index is 0.0161. The molecule has 3 aromatic carbocycles. The molecule has 0 fully saturated rings. The third-order valence-corrected chi connectivity index (χ3v) is 6.42. The van der Waals surface area contributed by atoms with Gasteiger partial charge in [0, 0.05) is 5.02 Å². The van der Waals surface area contributed by atoms with E-state index in [4.69, 9.17) is 17.4 Å². The van der Waals surface area contributed by atoms with Crippen LogP contribution in [0.2, 0.25) is 5.02 Å². The minimum atomic E-state index is -3.96. The van der Waals surface area contributed by atoms with Crippen molar-refractivity contribution >= 4 is 33.2 Å². The average molecular weight is 430 g/mol. The molecule has 6 nitrogen and oxygen atoms in total. The van der Waals surface area contributed by atoms with Gasteiger partial charge in [-0.2, -0.15) is 0 Å². The highest BCUT2D eigenvalue weighted by molar-refractivity contribution is 7.92. The van der Waals surface area contributed by atoms with Crippen molar-refractivity contribution in [3.8, 4) is 0 Å². The van der Waals surface area contributed by atoms with Crippen LogP contribution in [-0.4, -0.2) is 14.3 Å². The fraction of sp³-hybridized carbons (Fsp3) is 0.0952. The normalized spacial score (nSPS) is 11.1. The standard InChI is InChI=1S/C21H20ClN3O3S/c1-15-6-12-18(13-7-15)29(27,28)25(14-16-8-10-17(22)11-9-16)20-5-3-2-4-19(20)21(26)24-23/h2-13H,14,23H2,1H3,(H,24,26). The first-order valence-electron chi connectivity index (χ1n) is 8.77. The number of rotatable bonds is 6. The summed E-state index contributed by atoms with van der Waals surface area (Å²) in [6.45, 7) is 1.89. The van der Waals surface area contributed by atoms with Crippen LogP contribution in [0.4, 0.5) is 5.69 Å². The molecule has 0 aliphatic heterocycles. The zero-order valence-electron chi connectivity index (χ0n) is 15.7. The number of amides is 1. The number of nitrogens with two attached hydrogens (primary N) is 1. The lowest BCUT2D eigenvalue weighted by Crippen LogP contribution is -2.35. The molecule has 0 aliphatic rings. The number of halogens is 1. The Bertz CT molecular complexity index is 1110. The van der Waals surface area contributed by atoms with Gasteiger partial charge in [-0.1, -0.05) is 53.6 Å². The number of carbonyl (C=O) groups is 1. The molecule has 0 spiro atoms. The Morgan fingerprint density at radius 2 is 1.62 bits per heavy atom. The molecule has 150 valence electrons. The number of anilines is 1. The molecule has 0 aliphatic carbocycles. The Kier molecular flexibility index (Phi) is 6.22. The SMILES string of the molecule is Cc1ccc(S(=O)(=O)N(Cc2ccc(Cl)cc2)c2ccccc2C(=O)NN)cc1. The summed E-state index contributed by atoms with van der Waals surface area (Å²) >= 11 is 5.95. The van der Waals surface area contributed by atoms with Gasteiger partial charge in [-0.3, -0.25) is 14.5 Å². The van der Waals surface area contributed by atoms with Gasteiger partial charge >= 0.3 is 0 Å². The van der Waals surface area contributed by atoms with Gasteiger partial charge in [0.1, 0.15) is 0 Å². The number of sulfonamides is 1. The third-order valence-electron chi connectivity index (χ3n) is 4.40. The number of carbonyl (C=O) groups excluding carboxylic acids is 1. The molecule has 8 heteroatoms. The highest BCUT2D eigenvalue weighted by Gasteiger charge is 2.28. The number of benzene rings is 3. The maximum absolute atomic E-state index is 13.5. The average Bonchev–Trinajstić information content (AvgIpc) is 2.73. The minimum Gasteiger partial charge on any atom is -0.290 e. The third kappa shape index (κ3) is 4.59. The number of hydrazine groups is 1. The van der Waals surface area contributed by atoms with Crippen molar-refractivity contribution in [2.24, 2.45) is 5.84 Å². The molecule has 1 amide bonds. The zero-order valence-corrected chi connectivity index (χ0v) is 17.2. The van der Waals surface area contributed by atoms with Crippen LogP contribution in [0.3, 0.4) is 0 Å². The summed E-state index contributed by atoms with van der Waals surface area (Å²) in [7, 11) is -3.96. The molecule has 3 aromatic rings. The molecular formula is C21H20ClN3O3S. The van der Waals surface area contributed by atoms with Gasteiger partial charge < -0.3 is 0 Å². The van der Waals surface area contributed by atoms with E-state index in [1.165, 1.54) is 10.4 Å². The van der Waals surface area contributed by atoms with Gasteiger partial charge in [-0.05, 0) is 48.9 Å². The van der Waals surface area contributed by atoms with Crippen molar-refractivity contribution in [1.29, 1.82) is 0 Å². The van der Waals surface area contributed by atoms with E-state index in [1.54, 1.807) is 66.7 Å². The van der Waals surface area contributed by atoms with Gasteiger partial charge in [-0.15, -0.1) is 0 Å². The molecule has 0 atom stereocenters. The van der Waals surface area contributed by atoms with Crippen LogP contribution in [0.5, 0.6) is 0 Å². The Labute approximate surface area is 174 Å². The zero-order chi connectivity index (χ0) is 21.0. The van der Waals surface area contributed by atoms with E-state index in [0.29, 0.717) is 10.6 Å². The number of nitrogens with zero attached hydrogens (tertiary/aromatic N) is 1. The first-order chi connectivity index (χ1) is 13.8. The van der Waals surface area contributed by atoms with Crippen LogP contribution in [0.25, 0.3) is 0 Å². The monoisotopic (exact) mass is 429 g/mol. The van der Waals surface area contributed by atoms with E-state index < -0.39 is 15.9 Å². The second kappa shape index (κ2) is 8.65. The number of nitrogens with one attached hydrogen (secondary N) is 1. The molecule has 0 bridgehead atoms. The molecule has 0 saturated carbocycles. The lowest BCUT2D eigenvalue weighted by atomic mass is 10.1. The Morgan fingerprint density at radius 1 is 1.00 bits per heavy atom. The predicted octanol–water partition coefficient (Wildman–Crippen LogP) is 3.65. The molecule has 0 saturated heterocycles. The van der Waals surface area contributed by atoms with Crippen molar-refractivity contribution in [3.05, 3.63) is 94.5 Å². The number of hydrogen-bond donors (Lipinski definition) is 2. The van der Waals surface area contributed by atoms with E-state index in [-0.39, 0.29) is 22.7 Å². The van der Waals surface area contributed by atoms with Crippen LogP contribution in [-0.2, 0) is 16.6 Å². The van der Waals surface area contributed by atoms with E-state index in [9.17, 15) is 13.2 Å². The Hall–Kier alpha value is -2.87. The van der Waals surface area contributed by atoms with Crippen molar-refractivity contribution in [1.82, 2.24) is 5.43 Å². The summed E-state index contributed by atoms with van der Waals surface area (Å²) in [6, 6.07) is 19.8. The lowest BCUT2D eigenvalue weighted by molar-refractivity contribution is 0.0954. The highest BCUT2D eigenvalue weighted by Crippen LogP contribution is 2.29. The van der Waals surface area contributed by atoms with E-state index >= 15 is 0 Å². The fourth-order valence-corrected chi connectivity index (χ4v) is 4.45. The number of hydrogen-bond acceptors (Lipinski definition) is 4. The largest absolute Gasteiger partial charge is 0.290 e. The van der Waals surface area contributed by atoms with Gasteiger partial charge in [0.05, 0.1) is 22.7 Å². The number of nitrogen functional groups attached to an aromatic ring is 1. The summed E-state index contributed by atoms with van der Waals surface area (Å²) < 4.78 is 28.2. The van der Waals surface area contributed by atoms with E-state index in [2.05, 4.69) is 5.43 Å². The maximum Gasteiger partial charge on any atom is 0.267 e. The topological polar surface area (TPSA) is 92.5 Å². The first kappa shape index (κ1) is 20.9. The van der Waals surface area contributed by atoms with E-state index in [0.717, 1.165) is 5.56 Å². The first-order valence-corrected chi connectivity index (χ1v) is 10.6. The molecule has 3 rings (SSSR count). The van der Waals surface area contributed by atoms with Crippen LogP contribution < -0.4 is 15.6 Å².